The number of thiophene rings is 1. The van der Waals surface area contributed by atoms with E-state index < -0.39 is 0 Å². The molecule has 0 saturated heterocycles. The first-order valence-corrected chi connectivity index (χ1v) is 9.04. The Hall–Kier alpha value is -3.44. The van der Waals surface area contributed by atoms with Crippen LogP contribution >= 0.6 is 11.3 Å². The fourth-order valence-corrected chi connectivity index (χ4v) is 3.02. The minimum atomic E-state index is -0.316. The van der Waals surface area contributed by atoms with E-state index in [1.54, 1.807) is 34.5 Å². The molecule has 1 amide bonds. The van der Waals surface area contributed by atoms with Crippen LogP contribution < -0.4 is 5.32 Å². The average molecular weight is 379 g/mol. The number of carbonyl (C=O) groups excluding carboxylic acids is 1. The van der Waals surface area contributed by atoms with Crippen molar-refractivity contribution in [3.8, 4) is 6.07 Å². The summed E-state index contributed by atoms with van der Waals surface area (Å²) < 4.78 is 1.69. The molecule has 7 nitrogen and oxygen atoms in total. The van der Waals surface area contributed by atoms with Gasteiger partial charge < -0.3 is 10.2 Å². The third kappa shape index (κ3) is 5.26. The first-order valence-electron chi connectivity index (χ1n) is 8.16. The fraction of sp³-hybridized carbons (Fsp3) is 0.158. The molecule has 0 saturated carbocycles. The highest BCUT2D eigenvalue weighted by Crippen LogP contribution is 2.11. The van der Waals surface area contributed by atoms with E-state index in [1.807, 2.05) is 42.6 Å². The van der Waals surface area contributed by atoms with Crippen molar-refractivity contribution in [3.05, 3.63) is 70.2 Å². The van der Waals surface area contributed by atoms with Gasteiger partial charge in [0.25, 0.3) is 5.91 Å². The molecule has 2 aromatic heterocycles. The Morgan fingerprint density at radius 1 is 1.41 bits per heavy atom. The van der Waals surface area contributed by atoms with Crippen molar-refractivity contribution in [1.82, 2.24) is 9.78 Å². The first kappa shape index (κ1) is 18.4. The lowest BCUT2D eigenvalue weighted by Crippen LogP contribution is -2.17. The molecule has 0 aliphatic rings. The van der Waals surface area contributed by atoms with Crippen LogP contribution in [0.3, 0.4) is 0 Å². The maximum Gasteiger partial charge on any atom is 0.265 e. The third-order valence-electron chi connectivity index (χ3n) is 3.59. The largest absolute Gasteiger partial charge is 0.385 e. The summed E-state index contributed by atoms with van der Waals surface area (Å²) in [6, 6.07) is 13.3. The molecule has 0 atom stereocenters. The van der Waals surface area contributed by atoms with Crippen molar-refractivity contribution in [2.24, 2.45) is 5.16 Å². The molecule has 0 bridgehead atoms. The molecule has 0 fully saturated rings. The third-order valence-corrected chi connectivity index (χ3v) is 4.57. The number of amides is 1. The van der Waals surface area contributed by atoms with Gasteiger partial charge in [0.2, 0.25) is 0 Å². The van der Waals surface area contributed by atoms with Crippen LogP contribution in [0.1, 0.15) is 22.9 Å². The molecule has 3 aromatic rings. The Balaban J connectivity index is 1.50. The molecule has 27 heavy (non-hydrogen) atoms. The number of nitrogens with zero attached hydrogens (tertiary/aromatic N) is 4. The minimum absolute atomic E-state index is 0.182. The number of carbonyl (C=O) groups is 1. The van der Waals surface area contributed by atoms with Gasteiger partial charge in [0, 0.05) is 6.20 Å². The van der Waals surface area contributed by atoms with E-state index in [0.29, 0.717) is 17.8 Å². The standard InChI is InChI=1S/C19H17N5O2S/c1-14(18-6-3-7-27-18)23-26-13-19(25)22-17-10-21-24(12-17)11-16-5-2-4-15(8-16)9-20/h2-8,10,12H,11,13H2,1H3,(H,22,25). The number of oxime groups is 1. The second kappa shape index (κ2) is 8.78. The van der Waals surface area contributed by atoms with Gasteiger partial charge in [-0.1, -0.05) is 23.4 Å². The summed E-state index contributed by atoms with van der Waals surface area (Å²) in [7, 11) is 0. The molecule has 1 N–H and O–H groups in total. The van der Waals surface area contributed by atoms with Crippen LogP contribution in [0.4, 0.5) is 5.69 Å². The minimum Gasteiger partial charge on any atom is -0.385 e. The van der Waals surface area contributed by atoms with Gasteiger partial charge in [0.1, 0.15) is 0 Å². The maximum absolute atomic E-state index is 12.0. The molecule has 0 unspecified atom stereocenters. The molecule has 1 aromatic carbocycles. The molecule has 0 aliphatic carbocycles. The van der Waals surface area contributed by atoms with E-state index in [9.17, 15) is 4.79 Å². The molecule has 0 spiro atoms. The second-order valence-corrected chi connectivity index (χ2v) is 6.66. The molecule has 8 heteroatoms. The van der Waals surface area contributed by atoms with Crippen molar-refractivity contribution in [2.75, 3.05) is 11.9 Å². The number of anilines is 1. The van der Waals surface area contributed by atoms with Crippen LogP contribution in [0.5, 0.6) is 0 Å². The van der Waals surface area contributed by atoms with Crippen LogP contribution in [0.2, 0.25) is 0 Å². The highest BCUT2D eigenvalue weighted by Gasteiger charge is 2.06. The normalized spacial score (nSPS) is 11.0. The van der Waals surface area contributed by atoms with Crippen molar-refractivity contribution < 1.29 is 9.63 Å². The number of nitriles is 1. The molecular weight excluding hydrogens is 362 g/mol. The monoisotopic (exact) mass is 379 g/mol. The lowest BCUT2D eigenvalue weighted by molar-refractivity contribution is -0.120. The molecule has 136 valence electrons. The van der Waals surface area contributed by atoms with Gasteiger partial charge in [-0.15, -0.1) is 11.3 Å². The predicted octanol–water partition coefficient (Wildman–Crippen LogP) is 3.24. The first-order chi connectivity index (χ1) is 13.1. The Labute approximate surface area is 160 Å². The fourth-order valence-electron chi connectivity index (χ4n) is 2.36. The molecule has 2 heterocycles. The van der Waals surface area contributed by atoms with Crippen molar-refractivity contribution in [1.29, 1.82) is 5.26 Å². The Bertz CT molecular complexity index is 986. The van der Waals surface area contributed by atoms with Gasteiger partial charge in [-0.2, -0.15) is 10.4 Å². The quantitative estimate of drug-likeness (QED) is 0.504. The average Bonchev–Trinajstić information content (AvgIpc) is 3.34. The maximum atomic E-state index is 12.0. The smallest absolute Gasteiger partial charge is 0.265 e. The van der Waals surface area contributed by atoms with E-state index in [1.165, 1.54) is 0 Å². The van der Waals surface area contributed by atoms with Crippen LogP contribution in [0.15, 0.2) is 59.3 Å². The summed E-state index contributed by atoms with van der Waals surface area (Å²) in [5, 5.41) is 21.8. The summed E-state index contributed by atoms with van der Waals surface area (Å²) in [6.07, 6.45) is 3.28. The zero-order valence-electron chi connectivity index (χ0n) is 14.6. The number of benzene rings is 1. The lowest BCUT2D eigenvalue weighted by Gasteiger charge is -2.03. The van der Waals surface area contributed by atoms with Crippen LogP contribution in [-0.2, 0) is 16.2 Å². The number of rotatable bonds is 7. The van der Waals surface area contributed by atoms with Gasteiger partial charge in [-0.05, 0) is 36.1 Å². The number of hydrogen-bond donors (Lipinski definition) is 1. The number of hydrogen-bond acceptors (Lipinski definition) is 6. The van der Waals surface area contributed by atoms with Crippen molar-refractivity contribution >= 4 is 28.6 Å². The van der Waals surface area contributed by atoms with Gasteiger partial charge in [0.15, 0.2) is 6.61 Å². The van der Waals surface area contributed by atoms with Crippen LogP contribution in [0, 0.1) is 11.3 Å². The second-order valence-electron chi connectivity index (χ2n) is 5.71. The summed E-state index contributed by atoms with van der Waals surface area (Å²) in [6.45, 7) is 2.15. The Morgan fingerprint density at radius 2 is 2.30 bits per heavy atom. The lowest BCUT2D eigenvalue weighted by atomic mass is 10.1. The van der Waals surface area contributed by atoms with E-state index in [-0.39, 0.29) is 12.5 Å². The van der Waals surface area contributed by atoms with Crippen molar-refractivity contribution in [3.63, 3.8) is 0 Å². The summed E-state index contributed by atoms with van der Waals surface area (Å²) >= 11 is 1.56. The molecular formula is C19H17N5O2S. The molecule has 3 rings (SSSR count). The van der Waals surface area contributed by atoms with Gasteiger partial charge in [-0.25, -0.2) is 0 Å². The van der Waals surface area contributed by atoms with E-state index >= 15 is 0 Å². The van der Waals surface area contributed by atoms with Gasteiger partial charge in [0.05, 0.1) is 40.7 Å². The van der Waals surface area contributed by atoms with Crippen LogP contribution in [0.25, 0.3) is 0 Å². The highest BCUT2D eigenvalue weighted by atomic mass is 32.1. The van der Waals surface area contributed by atoms with E-state index in [0.717, 1.165) is 16.2 Å². The SMILES string of the molecule is CC(=NOCC(=O)Nc1cnn(Cc2cccc(C#N)c2)c1)c1cccs1. The van der Waals surface area contributed by atoms with E-state index in [2.05, 4.69) is 21.6 Å². The predicted molar refractivity (Wildman–Crippen MR) is 104 cm³/mol. The number of aromatic nitrogens is 2. The van der Waals surface area contributed by atoms with Crippen molar-refractivity contribution in [2.45, 2.75) is 13.5 Å². The zero-order chi connectivity index (χ0) is 19.1. The zero-order valence-corrected chi connectivity index (χ0v) is 15.4. The molecule has 0 radical (unpaired) electrons. The van der Waals surface area contributed by atoms with Gasteiger partial charge in [-0.3, -0.25) is 9.48 Å². The van der Waals surface area contributed by atoms with Crippen LogP contribution in [-0.4, -0.2) is 28.0 Å². The Kier molecular flexibility index (Phi) is 5.97. The summed E-state index contributed by atoms with van der Waals surface area (Å²) in [5.41, 5.74) is 2.85. The number of nitrogens with one attached hydrogen (secondary N) is 1. The highest BCUT2D eigenvalue weighted by molar-refractivity contribution is 7.12. The summed E-state index contributed by atoms with van der Waals surface area (Å²) in [5.74, 6) is -0.316. The summed E-state index contributed by atoms with van der Waals surface area (Å²) in [4.78, 5) is 18.1. The Morgan fingerprint density at radius 3 is 3.07 bits per heavy atom. The van der Waals surface area contributed by atoms with E-state index in [4.69, 9.17) is 10.1 Å². The molecule has 0 aliphatic heterocycles. The van der Waals surface area contributed by atoms with Gasteiger partial charge >= 0.3 is 0 Å². The topological polar surface area (TPSA) is 92.3 Å².